The molecule has 2 aromatic carbocycles. The van der Waals surface area contributed by atoms with Gasteiger partial charge in [-0.05, 0) is 43.8 Å². The van der Waals surface area contributed by atoms with Gasteiger partial charge in [0.25, 0.3) is 5.91 Å². The zero-order valence-corrected chi connectivity index (χ0v) is 17.2. The van der Waals surface area contributed by atoms with E-state index >= 15 is 0 Å². The van der Waals surface area contributed by atoms with Crippen LogP contribution in [0.25, 0.3) is 11.0 Å². The number of halogens is 1. The molecule has 1 aliphatic rings. The minimum atomic E-state index is -3.77. The standard InChI is InChI=1S/C20H22FN5O3S/c1-22-30(28,29)14-7-8-16(21)15(13-14)19(27)25-9-4-10-26(12-11-25)20-23-17-5-2-3-6-18(17)24-20/h2-3,5-8,13,22H,4,9-12H2,1H3,(H,23,24). The molecule has 1 aliphatic heterocycles. The number of anilines is 1. The number of para-hydroxylation sites is 2. The molecule has 1 saturated heterocycles. The smallest absolute Gasteiger partial charge is 0.256 e. The molecule has 3 aromatic rings. The molecule has 158 valence electrons. The van der Waals surface area contributed by atoms with E-state index in [1.807, 2.05) is 24.3 Å². The van der Waals surface area contributed by atoms with Gasteiger partial charge in [-0.15, -0.1) is 0 Å². The van der Waals surface area contributed by atoms with Crippen molar-refractivity contribution in [1.29, 1.82) is 0 Å². The molecule has 0 radical (unpaired) electrons. The first-order valence-corrected chi connectivity index (χ1v) is 11.1. The van der Waals surface area contributed by atoms with Gasteiger partial charge in [0, 0.05) is 26.2 Å². The zero-order chi connectivity index (χ0) is 21.3. The first-order chi connectivity index (χ1) is 14.4. The molecule has 1 amide bonds. The molecule has 2 heterocycles. The van der Waals surface area contributed by atoms with Gasteiger partial charge in [0.15, 0.2) is 0 Å². The van der Waals surface area contributed by atoms with Crippen molar-refractivity contribution in [2.75, 3.05) is 38.1 Å². The zero-order valence-electron chi connectivity index (χ0n) is 16.4. The number of carbonyl (C=O) groups excluding carboxylic acids is 1. The monoisotopic (exact) mass is 431 g/mol. The third kappa shape index (κ3) is 3.88. The van der Waals surface area contributed by atoms with Crippen LogP contribution >= 0.6 is 0 Å². The van der Waals surface area contributed by atoms with E-state index in [4.69, 9.17) is 0 Å². The van der Waals surface area contributed by atoms with Crippen molar-refractivity contribution in [3.8, 4) is 0 Å². The lowest BCUT2D eigenvalue weighted by Gasteiger charge is -2.22. The van der Waals surface area contributed by atoms with Crippen LogP contribution in [0.1, 0.15) is 16.8 Å². The number of aromatic amines is 1. The predicted molar refractivity (Wildman–Crippen MR) is 111 cm³/mol. The normalized spacial score (nSPS) is 15.4. The third-order valence-corrected chi connectivity index (χ3v) is 6.62. The van der Waals surface area contributed by atoms with Gasteiger partial charge in [-0.3, -0.25) is 4.79 Å². The van der Waals surface area contributed by atoms with Crippen molar-refractivity contribution in [3.63, 3.8) is 0 Å². The van der Waals surface area contributed by atoms with E-state index in [0.717, 1.165) is 35.2 Å². The molecular formula is C20H22FN5O3S. The molecule has 1 aromatic heterocycles. The number of nitrogens with zero attached hydrogens (tertiary/aromatic N) is 3. The Balaban J connectivity index is 1.53. The SMILES string of the molecule is CNS(=O)(=O)c1ccc(F)c(C(=O)N2CCCN(c3nc4ccccc4[nH]3)CC2)c1. The summed E-state index contributed by atoms with van der Waals surface area (Å²) in [6.45, 7) is 2.04. The fourth-order valence-corrected chi connectivity index (χ4v) is 4.30. The van der Waals surface area contributed by atoms with Crippen molar-refractivity contribution < 1.29 is 17.6 Å². The second kappa shape index (κ2) is 8.04. The number of rotatable bonds is 4. The van der Waals surface area contributed by atoms with Crippen molar-refractivity contribution in [2.45, 2.75) is 11.3 Å². The van der Waals surface area contributed by atoms with E-state index < -0.39 is 21.7 Å². The van der Waals surface area contributed by atoms with Crippen LogP contribution in [-0.4, -0.2) is 62.4 Å². The summed E-state index contributed by atoms with van der Waals surface area (Å²) in [5.74, 6) is -0.528. The predicted octanol–water partition coefficient (Wildman–Crippen LogP) is 1.96. The fraction of sp³-hybridized carbons (Fsp3) is 0.300. The van der Waals surface area contributed by atoms with Crippen LogP contribution < -0.4 is 9.62 Å². The van der Waals surface area contributed by atoms with Gasteiger partial charge in [0.2, 0.25) is 16.0 Å². The van der Waals surface area contributed by atoms with Gasteiger partial charge < -0.3 is 14.8 Å². The highest BCUT2D eigenvalue weighted by atomic mass is 32.2. The molecule has 1 fully saturated rings. The minimum absolute atomic E-state index is 0.145. The molecule has 8 nitrogen and oxygen atoms in total. The van der Waals surface area contributed by atoms with E-state index in [-0.39, 0.29) is 10.5 Å². The van der Waals surface area contributed by atoms with E-state index in [9.17, 15) is 17.6 Å². The van der Waals surface area contributed by atoms with E-state index in [2.05, 4.69) is 19.6 Å². The molecule has 30 heavy (non-hydrogen) atoms. The Morgan fingerprint density at radius 3 is 2.70 bits per heavy atom. The van der Waals surface area contributed by atoms with Crippen molar-refractivity contribution >= 4 is 32.9 Å². The van der Waals surface area contributed by atoms with Crippen molar-refractivity contribution in [2.24, 2.45) is 0 Å². The van der Waals surface area contributed by atoms with Crippen LogP contribution in [0.15, 0.2) is 47.4 Å². The lowest BCUT2D eigenvalue weighted by Crippen LogP contribution is -2.36. The van der Waals surface area contributed by atoms with Crippen LogP contribution in [0.5, 0.6) is 0 Å². The maximum Gasteiger partial charge on any atom is 0.256 e. The Bertz CT molecular complexity index is 1160. The highest BCUT2D eigenvalue weighted by molar-refractivity contribution is 7.89. The molecule has 0 saturated carbocycles. The average molecular weight is 431 g/mol. The van der Waals surface area contributed by atoms with Gasteiger partial charge in [0.1, 0.15) is 5.82 Å². The Hall–Kier alpha value is -2.98. The second-order valence-corrected chi connectivity index (χ2v) is 8.95. The minimum Gasteiger partial charge on any atom is -0.341 e. The topological polar surface area (TPSA) is 98.4 Å². The molecule has 4 rings (SSSR count). The Morgan fingerprint density at radius 1 is 1.13 bits per heavy atom. The Morgan fingerprint density at radius 2 is 1.93 bits per heavy atom. The first-order valence-electron chi connectivity index (χ1n) is 9.61. The van der Waals surface area contributed by atoms with Crippen LogP contribution in [0.4, 0.5) is 10.3 Å². The molecule has 0 aliphatic carbocycles. The highest BCUT2D eigenvalue weighted by Crippen LogP contribution is 2.21. The van der Waals surface area contributed by atoms with Crippen LogP contribution in [0.2, 0.25) is 0 Å². The number of aromatic nitrogens is 2. The maximum absolute atomic E-state index is 14.3. The number of nitrogens with one attached hydrogen (secondary N) is 2. The number of fused-ring (bicyclic) bond motifs is 1. The quantitative estimate of drug-likeness (QED) is 0.658. The first kappa shape index (κ1) is 20.3. The summed E-state index contributed by atoms with van der Waals surface area (Å²) in [6, 6.07) is 11.0. The number of amides is 1. The van der Waals surface area contributed by atoms with Crippen LogP contribution in [0.3, 0.4) is 0 Å². The molecule has 0 atom stereocenters. The summed E-state index contributed by atoms with van der Waals surface area (Å²) in [4.78, 5) is 24.3. The highest BCUT2D eigenvalue weighted by Gasteiger charge is 2.25. The largest absolute Gasteiger partial charge is 0.341 e. The third-order valence-electron chi connectivity index (χ3n) is 5.21. The number of hydrogen-bond donors (Lipinski definition) is 2. The van der Waals surface area contributed by atoms with Gasteiger partial charge >= 0.3 is 0 Å². The molecule has 0 spiro atoms. The van der Waals surface area contributed by atoms with Crippen molar-refractivity contribution in [3.05, 3.63) is 53.8 Å². The number of H-pyrrole nitrogens is 1. The van der Waals surface area contributed by atoms with E-state index in [1.54, 1.807) is 4.90 Å². The van der Waals surface area contributed by atoms with Gasteiger partial charge in [-0.1, -0.05) is 12.1 Å². The van der Waals surface area contributed by atoms with Gasteiger partial charge in [0.05, 0.1) is 21.5 Å². The number of imidazole rings is 1. The molecular weight excluding hydrogens is 409 g/mol. The summed E-state index contributed by atoms with van der Waals surface area (Å²) < 4.78 is 40.5. The van der Waals surface area contributed by atoms with E-state index in [0.29, 0.717) is 32.6 Å². The van der Waals surface area contributed by atoms with Gasteiger partial charge in [-0.2, -0.15) is 0 Å². The molecule has 0 bridgehead atoms. The lowest BCUT2D eigenvalue weighted by molar-refractivity contribution is 0.0762. The summed E-state index contributed by atoms with van der Waals surface area (Å²) in [5.41, 5.74) is 1.56. The lowest BCUT2D eigenvalue weighted by atomic mass is 10.2. The Kier molecular flexibility index (Phi) is 5.44. The summed E-state index contributed by atoms with van der Waals surface area (Å²) in [6.07, 6.45) is 0.679. The number of sulfonamides is 1. The average Bonchev–Trinajstić information content (AvgIpc) is 3.03. The summed E-state index contributed by atoms with van der Waals surface area (Å²) >= 11 is 0. The van der Waals surface area contributed by atoms with Gasteiger partial charge in [-0.25, -0.2) is 22.5 Å². The molecule has 0 unspecified atom stereocenters. The Labute approximate surface area is 173 Å². The fourth-order valence-electron chi connectivity index (χ4n) is 3.55. The number of carbonyl (C=O) groups is 1. The van der Waals surface area contributed by atoms with Crippen LogP contribution in [-0.2, 0) is 10.0 Å². The van der Waals surface area contributed by atoms with E-state index in [1.165, 1.54) is 7.05 Å². The van der Waals surface area contributed by atoms with Crippen LogP contribution in [0, 0.1) is 5.82 Å². The summed E-state index contributed by atoms with van der Waals surface area (Å²) in [7, 11) is -2.51. The molecule has 10 heteroatoms. The molecule has 2 N–H and O–H groups in total. The number of benzene rings is 2. The van der Waals surface area contributed by atoms with Crippen molar-refractivity contribution in [1.82, 2.24) is 19.6 Å². The summed E-state index contributed by atoms with van der Waals surface area (Å²) in [5, 5.41) is 0. The maximum atomic E-state index is 14.3. The second-order valence-electron chi connectivity index (χ2n) is 7.06. The number of hydrogen-bond acceptors (Lipinski definition) is 5.